The van der Waals surface area contributed by atoms with E-state index in [-0.39, 0.29) is 30.4 Å². The Labute approximate surface area is 176 Å². The average Bonchev–Trinajstić information content (AvgIpc) is 3.35. The molecule has 29 heavy (non-hydrogen) atoms. The van der Waals surface area contributed by atoms with Crippen molar-refractivity contribution in [1.29, 1.82) is 0 Å². The second kappa shape index (κ2) is 8.78. The van der Waals surface area contributed by atoms with Crippen LogP contribution in [0.15, 0.2) is 29.4 Å². The van der Waals surface area contributed by atoms with Crippen molar-refractivity contribution in [3.8, 4) is 0 Å². The number of rotatable bonds is 5. The Kier molecular flexibility index (Phi) is 6.13. The molecule has 0 radical (unpaired) electrons. The van der Waals surface area contributed by atoms with Crippen LogP contribution in [-0.2, 0) is 16.1 Å². The third-order valence-electron chi connectivity index (χ3n) is 6.18. The van der Waals surface area contributed by atoms with Crippen LogP contribution in [-0.4, -0.2) is 62.1 Å². The summed E-state index contributed by atoms with van der Waals surface area (Å²) >= 11 is 1.45. The summed E-state index contributed by atoms with van der Waals surface area (Å²) in [4.78, 5) is 34.4. The van der Waals surface area contributed by atoms with Gasteiger partial charge in [0, 0.05) is 25.2 Å². The number of thioether (sulfide) groups is 1. The Morgan fingerprint density at radius 1 is 1.03 bits per heavy atom. The number of carbonyl (C=O) groups is 2. The van der Waals surface area contributed by atoms with Crippen molar-refractivity contribution in [2.24, 2.45) is 0 Å². The molecule has 1 aromatic carbocycles. The molecule has 2 aromatic rings. The summed E-state index contributed by atoms with van der Waals surface area (Å²) in [6.07, 6.45) is 5.49. The van der Waals surface area contributed by atoms with Crippen LogP contribution in [0.4, 0.5) is 0 Å². The number of amides is 2. The predicted molar refractivity (Wildman–Crippen MR) is 116 cm³/mol. The Morgan fingerprint density at radius 3 is 2.45 bits per heavy atom. The third-order valence-corrected chi connectivity index (χ3v) is 7.14. The molecule has 0 saturated carbocycles. The van der Waals surface area contributed by atoms with E-state index in [9.17, 15) is 9.59 Å². The van der Waals surface area contributed by atoms with Gasteiger partial charge in [0.15, 0.2) is 5.16 Å². The van der Waals surface area contributed by atoms with E-state index in [0.29, 0.717) is 5.75 Å². The summed E-state index contributed by atoms with van der Waals surface area (Å²) in [7, 11) is 0. The van der Waals surface area contributed by atoms with Gasteiger partial charge < -0.3 is 14.4 Å². The smallest absolute Gasteiger partial charge is 0.243 e. The molecule has 2 aliphatic rings. The van der Waals surface area contributed by atoms with Gasteiger partial charge in [-0.05, 0) is 58.1 Å². The highest BCUT2D eigenvalue weighted by molar-refractivity contribution is 7.99. The number of hydrogen-bond acceptors (Lipinski definition) is 4. The first-order valence-corrected chi connectivity index (χ1v) is 11.7. The van der Waals surface area contributed by atoms with Gasteiger partial charge in [-0.3, -0.25) is 9.59 Å². The first kappa shape index (κ1) is 20.3. The Hall–Kier alpha value is -2.02. The summed E-state index contributed by atoms with van der Waals surface area (Å²) in [6.45, 7) is 6.28. The zero-order chi connectivity index (χ0) is 20.4. The lowest BCUT2D eigenvalue weighted by Gasteiger charge is -2.39. The number of imidazole rings is 1. The van der Waals surface area contributed by atoms with Crippen LogP contribution < -0.4 is 0 Å². The highest BCUT2D eigenvalue weighted by Gasteiger charge is 2.30. The van der Waals surface area contributed by atoms with Crippen molar-refractivity contribution in [1.82, 2.24) is 19.4 Å². The van der Waals surface area contributed by atoms with Crippen molar-refractivity contribution in [2.45, 2.75) is 69.7 Å². The average molecular weight is 415 g/mol. The molecule has 2 aliphatic heterocycles. The number of piperidine rings is 1. The van der Waals surface area contributed by atoms with Gasteiger partial charge in [0.2, 0.25) is 11.8 Å². The molecule has 0 unspecified atom stereocenters. The van der Waals surface area contributed by atoms with E-state index < -0.39 is 0 Å². The molecular formula is C22H30N4O2S. The van der Waals surface area contributed by atoms with Gasteiger partial charge >= 0.3 is 0 Å². The lowest BCUT2D eigenvalue weighted by atomic mass is 9.97. The summed E-state index contributed by atoms with van der Waals surface area (Å²) < 4.78 is 1.99. The number of aromatic nitrogens is 2. The Morgan fingerprint density at radius 2 is 1.72 bits per heavy atom. The number of fused-ring (bicyclic) bond motifs is 1. The van der Waals surface area contributed by atoms with Gasteiger partial charge in [-0.15, -0.1) is 0 Å². The number of benzene rings is 1. The summed E-state index contributed by atoms with van der Waals surface area (Å²) in [6, 6.07) is 8.45. The monoisotopic (exact) mass is 414 g/mol. The zero-order valence-electron chi connectivity index (χ0n) is 17.3. The molecule has 2 atom stereocenters. The minimum absolute atomic E-state index is 0.139. The summed E-state index contributed by atoms with van der Waals surface area (Å²) in [5.41, 5.74) is 1.82. The SMILES string of the molecule is C[C@@H]1CCC[C@H](C)N1C(=O)Cn1c(SCC(=O)N2CCCC2)nc2ccccc21. The molecule has 0 bridgehead atoms. The molecule has 0 aliphatic carbocycles. The second-order valence-electron chi connectivity index (χ2n) is 8.28. The lowest BCUT2D eigenvalue weighted by Crippen LogP contribution is -2.48. The van der Waals surface area contributed by atoms with E-state index >= 15 is 0 Å². The lowest BCUT2D eigenvalue weighted by molar-refractivity contribution is -0.138. The zero-order valence-corrected chi connectivity index (χ0v) is 18.2. The van der Waals surface area contributed by atoms with Crippen molar-refractivity contribution in [3.63, 3.8) is 0 Å². The molecule has 2 fully saturated rings. The normalized spacial score (nSPS) is 22.4. The predicted octanol–water partition coefficient (Wildman–Crippen LogP) is 3.54. The van der Waals surface area contributed by atoms with Gasteiger partial charge in [0.1, 0.15) is 6.54 Å². The second-order valence-corrected chi connectivity index (χ2v) is 9.22. The number of carbonyl (C=O) groups excluding carboxylic acids is 2. The van der Waals surface area contributed by atoms with Gasteiger partial charge in [-0.25, -0.2) is 4.98 Å². The molecule has 6 nitrogen and oxygen atoms in total. The van der Waals surface area contributed by atoms with E-state index in [4.69, 9.17) is 4.98 Å². The Bertz CT molecular complexity index is 880. The first-order valence-electron chi connectivity index (χ1n) is 10.7. The van der Waals surface area contributed by atoms with Crippen molar-refractivity contribution >= 4 is 34.6 Å². The molecule has 156 valence electrons. The number of para-hydroxylation sites is 2. The minimum atomic E-state index is 0.139. The van der Waals surface area contributed by atoms with Crippen LogP contribution >= 0.6 is 11.8 Å². The summed E-state index contributed by atoms with van der Waals surface area (Å²) in [5.74, 6) is 0.671. The largest absolute Gasteiger partial charge is 0.342 e. The highest BCUT2D eigenvalue weighted by Crippen LogP contribution is 2.27. The van der Waals surface area contributed by atoms with Crippen LogP contribution in [0.1, 0.15) is 46.0 Å². The fourth-order valence-corrected chi connectivity index (χ4v) is 5.55. The molecule has 7 heteroatoms. The van der Waals surface area contributed by atoms with E-state index in [1.165, 1.54) is 18.2 Å². The molecule has 1 aromatic heterocycles. The molecule has 3 heterocycles. The van der Waals surface area contributed by atoms with Crippen LogP contribution in [0.5, 0.6) is 0 Å². The molecule has 0 spiro atoms. The molecular weight excluding hydrogens is 384 g/mol. The van der Waals surface area contributed by atoms with E-state index in [1.54, 1.807) is 0 Å². The van der Waals surface area contributed by atoms with E-state index in [0.717, 1.165) is 55.0 Å². The van der Waals surface area contributed by atoms with Crippen molar-refractivity contribution < 1.29 is 9.59 Å². The van der Waals surface area contributed by atoms with Crippen LogP contribution in [0.3, 0.4) is 0 Å². The maximum absolute atomic E-state index is 13.2. The molecule has 2 amide bonds. The maximum atomic E-state index is 13.2. The molecule has 4 rings (SSSR count). The third kappa shape index (κ3) is 4.29. The van der Waals surface area contributed by atoms with Crippen LogP contribution in [0, 0.1) is 0 Å². The fraction of sp³-hybridized carbons (Fsp3) is 0.591. The number of hydrogen-bond donors (Lipinski definition) is 0. The Balaban J connectivity index is 1.54. The molecule has 2 saturated heterocycles. The first-order chi connectivity index (χ1) is 14.0. The summed E-state index contributed by atoms with van der Waals surface area (Å²) in [5, 5.41) is 0.754. The minimum Gasteiger partial charge on any atom is -0.342 e. The van der Waals surface area contributed by atoms with E-state index in [2.05, 4.69) is 13.8 Å². The standard InChI is InChI=1S/C22H30N4O2S/c1-16-8-7-9-17(2)26(16)20(27)14-25-19-11-4-3-10-18(19)23-22(25)29-15-21(28)24-12-5-6-13-24/h3-4,10-11,16-17H,5-9,12-15H2,1-2H3/t16-,17+. The molecule has 0 N–H and O–H groups in total. The topological polar surface area (TPSA) is 58.4 Å². The van der Waals surface area contributed by atoms with Gasteiger partial charge in [0.05, 0.1) is 16.8 Å². The van der Waals surface area contributed by atoms with Gasteiger partial charge in [-0.2, -0.15) is 0 Å². The quantitative estimate of drug-likeness (QED) is 0.702. The van der Waals surface area contributed by atoms with E-state index in [1.807, 2.05) is 38.6 Å². The van der Waals surface area contributed by atoms with Gasteiger partial charge in [-0.1, -0.05) is 23.9 Å². The van der Waals surface area contributed by atoms with Crippen molar-refractivity contribution in [2.75, 3.05) is 18.8 Å². The van der Waals surface area contributed by atoms with Crippen molar-refractivity contribution in [3.05, 3.63) is 24.3 Å². The maximum Gasteiger partial charge on any atom is 0.243 e. The van der Waals surface area contributed by atoms with Crippen LogP contribution in [0.2, 0.25) is 0 Å². The van der Waals surface area contributed by atoms with Crippen LogP contribution in [0.25, 0.3) is 11.0 Å². The fourth-order valence-electron chi connectivity index (χ4n) is 4.63. The highest BCUT2D eigenvalue weighted by atomic mass is 32.2. The number of likely N-dealkylation sites (tertiary alicyclic amines) is 2. The number of nitrogens with zero attached hydrogens (tertiary/aromatic N) is 4. The van der Waals surface area contributed by atoms with Gasteiger partial charge in [0.25, 0.3) is 0 Å².